The van der Waals surface area contributed by atoms with Crippen LogP contribution in [0.3, 0.4) is 0 Å². The molecule has 2 aromatic rings. The summed E-state index contributed by atoms with van der Waals surface area (Å²) >= 11 is 3.63. The molecule has 1 aliphatic heterocycles. The minimum Gasteiger partial charge on any atom is -0.307 e. The van der Waals surface area contributed by atoms with Crippen LogP contribution in [0.2, 0.25) is 0 Å². The first-order chi connectivity index (χ1) is 10.1. The van der Waals surface area contributed by atoms with Crippen LogP contribution in [0.15, 0.2) is 16.6 Å². The van der Waals surface area contributed by atoms with Crippen molar-refractivity contribution in [3.05, 3.63) is 44.7 Å². The van der Waals surface area contributed by atoms with Gasteiger partial charge in [-0.25, -0.2) is 9.97 Å². The van der Waals surface area contributed by atoms with Crippen LogP contribution < -0.4 is 5.32 Å². The number of rotatable bonds is 2. The Morgan fingerprint density at radius 2 is 1.81 bits per heavy atom. The molecule has 1 N–H and O–H groups in total. The van der Waals surface area contributed by atoms with Crippen molar-refractivity contribution in [2.75, 3.05) is 0 Å². The van der Waals surface area contributed by atoms with Gasteiger partial charge < -0.3 is 5.32 Å². The third kappa shape index (κ3) is 2.30. The highest BCUT2D eigenvalue weighted by atomic mass is 79.9. The fourth-order valence-electron chi connectivity index (χ4n) is 3.09. The van der Waals surface area contributed by atoms with Crippen molar-refractivity contribution >= 4 is 15.9 Å². The van der Waals surface area contributed by atoms with Crippen LogP contribution in [0, 0.1) is 13.8 Å². The third-order valence-corrected chi connectivity index (χ3v) is 5.63. The summed E-state index contributed by atoms with van der Waals surface area (Å²) in [5, 5.41) is 3.41. The van der Waals surface area contributed by atoms with Crippen LogP contribution in [0.1, 0.15) is 46.8 Å². The van der Waals surface area contributed by atoms with Gasteiger partial charge in [0, 0.05) is 34.6 Å². The average Bonchev–Trinajstić information content (AvgIpc) is 3.20. The molecule has 3 nitrogen and oxygen atoms in total. The van der Waals surface area contributed by atoms with Crippen molar-refractivity contribution in [3.63, 3.8) is 0 Å². The number of halogens is 1. The number of hydrogen-bond acceptors (Lipinski definition) is 3. The van der Waals surface area contributed by atoms with E-state index in [2.05, 4.69) is 47.2 Å². The lowest BCUT2D eigenvalue weighted by Gasteiger charge is -2.11. The Labute approximate surface area is 133 Å². The first-order valence-corrected chi connectivity index (χ1v) is 8.30. The Morgan fingerprint density at radius 1 is 1.10 bits per heavy atom. The fraction of sp³-hybridized carbons (Fsp3) is 0.412. The van der Waals surface area contributed by atoms with E-state index in [-0.39, 0.29) is 0 Å². The van der Waals surface area contributed by atoms with Gasteiger partial charge >= 0.3 is 0 Å². The van der Waals surface area contributed by atoms with Crippen molar-refractivity contribution in [1.82, 2.24) is 15.3 Å². The van der Waals surface area contributed by atoms with Crippen molar-refractivity contribution in [2.24, 2.45) is 0 Å². The van der Waals surface area contributed by atoms with Crippen molar-refractivity contribution in [1.29, 1.82) is 0 Å². The first kappa shape index (κ1) is 13.4. The van der Waals surface area contributed by atoms with Crippen molar-refractivity contribution in [3.8, 4) is 11.4 Å². The zero-order valence-electron chi connectivity index (χ0n) is 12.3. The lowest BCUT2D eigenvalue weighted by Crippen LogP contribution is -2.03. The molecule has 2 heterocycles. The summed E-state index contributed by atoms with van der Waals surface area (Å²) in [6.45, 7) is 6.05. The van der Waals surface area contributed by atoms with Crippen LogP contribution in [0.4, 0.5) is 0 Å². The van der Waals surface area contributed by atoms with Gasteiger partial charge in [0.05, 0.1) is 11.4 Å². The second-order valence-corrected chi connectivity index (χ2v) is 6.95. The highest BCUT2D eigenvalue weighted by Gasteiger charge is 2.31. The molecule has 0 amide bonds. The summed E-state index contributed by atoms with van der Waals surface area (Å²) < 4.78 is 1.18. The van der Waals surface area contributed by atoms with E-state index in [0.717, 1.165) is 24.5 Å². The fourth-order valence-corrected chi connectivity index (χ4v) is 3.32. The summed E-state index contributed by atoms with van der Waals surface area (Å²) in [6, 6.07) is 4.36. The first-order valence-electron chi connectivity index (χ1n) is 7.51. The van der Waals surface area contributed by atoms with Crippen LogP contribution in [0.5, 0.6) is 0 Å². The molecular formula is C17H18BrN3. The predicted molar refractivity (Wildman–Crippen MR) is 87.2 cm³/mol. The van der Waals surface area contributed by atoms with Gasteiger partial charge in [0.25, 0.3) is 0 Å². The van der Waals surface area contributed by atoms with E-state index in [1.54, 1.807) is 0 Å². The quantitative estimate of drug-likeness (QED) is 0.895. The molecule has 0 atom stereocenters. The van der Waals surface area contributed by atoms with E-state index in [9.17, 15) is 0 Å². The van der Waals surface area contributed by atoms with E-state index in [4.69, 9.17) is 9.97 Å². The molecule has 1 aromatic carbocycles. The summed E-state index contributed by atoms with van der Waals surface area (Å²) in [7, 11) is 0. The molecule has 108 valence electrons. The lowest BCUT2D eigenvalue weighted by atomic mass is 10.1. The maximum atomic E-state index is 4.92. The van der Waals surface area contributed by atoms with Crippen LogP contribution in [-0.2, 0) is 13.1 Å². The van der Waals surface area contributed by atoms with Crippen LogP contribution >= 0.6 is 15.9 Å². The molecule has 2 aliphatic rings. The predicted octanol–water partition coefficient (Wildman–Crippen LogP) is 4.00. The largest absolute Gasteiger partial charge is 0.307 e. The third-order valence-electron chi connectivity index (χ3n) is 4.38. The van der Waals surface area contributed by atoms with E-state index in [0.29, 0.717) is 5.92 Å². The molecule has 1 fully saturated rings. The van der Waals surface area contributed by atoms with Gasteiger partial charge in [-0.3, -0.25) is 0 Å². The minimum absolute atomic E-state index is 0.665. The van der Waals surface area contributed by atoms with E-state index in [1.807, 2.05) is 0 Å². The number of aryl methyl sites for hydroxylation is 2. The lowest BCUT2D eigenvalue weighted by molar-refractivity contribution is 0.755. The molecule has 4 heteroatoms. The molecule has 1 aromatic heterocycles. The van der Waals surface area contributed by atoms with Gasteiger partial charge in [-0.2, -0.15) is 0 Å². The zero-order valence-corrected chi connectivity index (χ0v) is 13.9. The van der Waals surface area contributed by atoms with Gasteiger partial charge in [-0.05, 0) is 49.9 Å². The number of hydrogen-bond donors (Lipinski definition) is 1. The molecule has 0 spiro atoms. The van der Waals surface area contributed by atoms with Crippen LogP contribution in [-0.4, -0.2) is 9.97 Å². The summed E-state index contributed by atoms with van der Waals surface area (Å²) in [5.41, 5.74) is 7.44. The number of nitrogens with one attached hydrogen (secondary N) is 1. The number of aromatic nitrogens is 2. The second kappa shape index (κ2) is 4.89. The maximum absolute atomic E-state index is 4.92. The molecular weight excluding hydrogens is 326 g/mol. The van der Waals surface area contributed by atoms with Crippen molar-refractivity contribution < 1.29 is 0 Å². The monoisotopic (exact) mass is 343 g/mol. The Balaban J connectivity index is 1.87. The Hall–Kier alpha value is -1.26. The Morgan fingerprint density at radius 3 is 2.48 bits per heavy atom. The highest BCUT2D eigenvalue weighted by Crippen LogP contribution is 2.42. The molecule has 21 heavy (non-hydrogen) atoms. The van der Waals surface area contributed by atoms with E-state index < -0.39 is 0 Å². The smallest absolute Gasteiger partial charge is 0.159 e. The van der Waals surface area contributed by atoms with E-state index >= 15 is 0 Å². The average molecular weight is 344 g/mol. The normalized spacial score (nSPS) is 17.1. The topological polar surface area (TPSA) is 37.8 Å². The molecule has 1 saturated carbocycles. The van der Waals surface area contributed by atoms with Gasteiger partial charge in [0.2, 0.25) is 0 Å². The molecule has 0 bridgehead atoms. The SMILES string of the molecule is Cc1cc(-c2nc3c(c(C4CC4)n2)CNC3)cc(C)c1Br. The molecule has 0 radical (unpaired) electrons. The highest BCUT2D eigenvalue weighted by molar-refractivity contribution is 9.10. The summed E-state index contributed by atoms with van der Waals surface area (Å²) in [5.74, 6) is 1.55. The summed E-state index contributed by atoms with van der Waals surface area (Å²) in [4.78, 5) is 9.74. The minimum atomic E-state index is 0.665. The molecule has 1 aliphatic carbocycles. The molecule has 4 rings (SSSR count). The molecule has 0 unspecified atom stereocenters. The van der Waals surface area contributed by atoms with Gasteiger partial charge in [-0.1, -0.05) is 15.9 Å². The molecule has 0 saturated heterocycles. The van der Waals surface area contributed by atoms with Crippen molar-refractivity contribution in [2.45, 2.75) is 45.7 Å². The van der Waals surface area contributed by atoms with Gasteiger partial charge in [0.15, 0.2) is 5.82 Å². The van der Waals surface area contributed by atoms with E-state index in [1.165, 1.54) is 45.4 Å². The second-order valence-electron chi connectivity index (χ2n) is 6.16. The van der Waals surface area contributed by atoms with Crippen LogP contribution in [0.25, 0.3) is 11.4 Å². The Bertz CT molecular complexity index is 712. The Kier molecular flexibility index (Phi) is 3.12. The zero-order chi connectivity index (χ0) is 14.6. The van der Waals surface area contributed by atoms with Gasteiger partial charge in [0.1, 0.15) is 0 Å². The van der Waals surface area contributed by atoms with Gasteiger partial charge in [-0.15, -0.1) is 0 Å². The standard InChI is InChI=1S/C17H18BrN3/c1-9-5-12(6-10(2)15(9)18)17-20-14-8-19-7-13(14)16(21-17)11-3-4-11/h5-6,11,19H,3-4,7-8H2,1-2H3. The number of fused-ring (bicyclic) bond motifs is 1. The summed E-state index contributed by atoms with van der Waals surface area (Å²) in [6.07, 6.45) is 2.56. The maximum Gasteiger partial charge on any atom is 0.159 e. The number of nitrogens with zero attached hydrogens (tertiary/aromatic N) is 2. The number of benzene rings is 1.